The van der Waals surface area contributed by atoms with Crippen LogP contribution in [0, 0.1) is 0 Å². The van der Waals surface area contributed by atoms with Crippen molar-refractivity contribution in [1.82, 2.24) is 24.7 Å². The first kappa shape index (κ1) is 46.8. The van der Waals surface area contributed by atoms with Crippen LogP contribution in [-0.4, -0.2) is 105 Å². The summed E-state index contributed by atoms with van der Waals surface area (Å²) in [5.41, 5.74) is -1.25. The van der Waals surface area contributed by atoms with Gasteiger partial charge < -0.3 is 10.2 Å². The first-order chi connectivity index (χ1) is 30.0. The van der Waals surface area contributed by atoms with Gasteiger partial charge in [-0.15, -0.1) is 11.8 Å². The van der Waals surface area contributed by atoms with Crippen molar-refractivity contribution in [2.75, 3.05) is 49.5 Å². The number of hydrogen-bond donors (Lipinski definition) is 2. The Balaban J connectivity index is 1.06. The molecule has 5 aromatic rings. The molecule has 0 amide bonds. The van der Waals surface area contributed by atoms with Crippen LogP contribution in [0.3, 0.4) is 0 Å². The van der Waals surface area contributed by atoms with E-state index >= 15 is 0 Å². The lowest BCUT2D eigenvalue weighted by molar-refractivity contribution is -0.0435. The minimum absolute atomic E-state index is 0.00307. The van der Waals surface area contributed by atoms with Gasteiger partial charge in [0.25, 0.3) is 19.9 Å². The summed E-state index contributed by atoms with van der Waals surface area (Å²) in [4.78, 5) is 14.7. The van der Waals surface area contributed by atoms with Gasteiger partial charge in [-0.2, -0.15) is 13.2 Å². The van der Waals surface area contributed by atoms with Gasteiger partial charge >= 0.3 is 5.51 Å². The molecule has 0 bridgehead atoms. The third-order valence-corrected chi connectivity index (χ3v) is 15.9. The minimum Gasteiger partial charge on any atom is -0.380 e. The Morgan fingerprint density at radius 2 is 1.62 bits per heavy atom. The zero-order chi connectivity index (χ0) is 44.9. The van der Waals surface area contributed by atoms with Crippen molar-refractivity contribution >= 4 is 54.7 Å². The van der Waals surface area contributed by atoms with Crippen LogP contribution in [0.2, 0.25) is 5.02 Å². The number of rotatable bonds is 16. The number of nitrogens with one attached hydrogen (secondary N) is 2. The van der Waals surface area contributed by atoms with Gasteiger partial charge in [-0.25, -0.2) is 26.8 Å². The number of anilines is 2. The molecule has 336 valence electrons. The molecule has 1 fully saturated rings. The number of sulfone groups is 1. The van der Waals surface area contributed by atoms with Gasteiger partial charge in [0.05, 0.1) is 16.3 Å². The predicted molar refractivity (Wildman–Crippen MR) is 244 cm³/mol. The SMILES string of the molecule is C[C@@H]1Cc2c(ncnc2NS(=O)(=O)c2ccc(N[C@H](CCN(C)C)CSc3ccccc3)c(S(=O)(=O)C(F)(F)F)c2)CN1C1CCN(Cc2ccccc2-c2ccc(Cl)cc2)CC1. The first-order valence-corrected chi connectivity index (χ1v) is 25.0. The van der Waals surface area contributed by atoms with E-state index in [9.17, 15) is 30.0 Å². The number of aromatic nitrogens is 2. The predicted octanol–water partition coefficient (Wildman–Crippen LogP) is 8.83. The molecular formula is C45H51ClF3N7O4S3. The molecule has 2 N–H and O–H groups in total. The highest BCUT2D eigenvalue weighted by molar-refractivity contribution is 7.99. The van der Waals surface area contributed by atoms with E-state index in [1.54, 1.807) is 0 Å². The van der Waals surface area contributed by atoms with E-state index < -0.39 is 41.2 Å². The van der Waals surface area contributed by atoms with E-state index in [-0.39, 0.29) is 23.6 Å². The second-order valence-corrected chi connectivity index (χ2v) is 21.4. The number of alkyl halides is 3. The van der Waals surface area contributed by atoms with Crippen molar-refractivity contribution < 1.29 is 30.0 Å². The molecule has 1 saturated heterocycles. The molecule has 63 heavy (non-hydrogen) atoms. The summed E-state index contributed by atoms with van der Waals surface area (Å²) in [5, 5.41) is 3.70. The molecule has 0 aliphatic carbocycles. The Bertz CT molecular complexity index is 2580. The highest BCUT2D eigenvalue weighted by atomic mass is 35.5. The molecule has 2 aliphatic heterocycles. The van der Waals surface area contributed by atoms with Crippen LogP contribution in [0.25, 0.3) is 11.1 Å². The van der Waals surface area contributed by atoms with Crippen LogP contribution in [0.15, 0.2) is 118 Å². The Morgan fingerprint density at radius 3 is 2.32 bits per heavy atom. The van der Waals surface area contributed by atoms with Gasteiger partial charge in [0.1, 0.15) is 17.0 Å². The summed E-state index contributed by atoms with van der Waals surface area (Å²) >= 11 is 7.62. The van der Waals surface area contributed by atoms with Crippen molar-refractivity contribution in [3.63, 3.8) is 0 Å². The molecule has 18 heteroatoms. The average molecular weight is 943 g/mol. The van der Waals surface area contributed by atoms with Crippen LogP contribution in [0.5, 0.6) is 0 Å². The largest absolute Gasteiger partial charge is 0.501 e. The van der Waals surface area contributed by atoms with Crippen molar-refractivity contribution in [2.45, 2.75) is 84.0 Å². The van der Waals surface area contributed by atoms with Gasteiger partial charge in [0.2, 0.25) is 0 Å². The van der Waals surface area contributed by atoms with E-state index in [2.05, 4.69) is 54.9 Å². The van der Waals surface area contributed by atoms with E-state index in [1.165, 1.54) is 29.2 Å². The number of likely N-dealkylation sites (tertiary alicyclic amines) is 1. The topological polar surface area (TPSA) is 128 Å². The molecule has 4 aromatic carbocycles. The van der Waals surface area contributed by atoms with E-state index in [0.717, 1.165) is 55.1 Å². The first-order valence-electron chi connectivity index (χ1n) is 20.7. The maximum atomic E-state index is 14.2. The number of nitrogens with zero attached hydrogens (tertiary/aromatic N) is 5. The Labute approximate surface area is 377 Å². The fourth-order valence-electron chi connectivity index (χ4n) is 8.20. The molecule has 0 radical (unpaired) electrons. The summed E-state index contributed by atoms with van der Waals surface area (Å²) in [6.45, 7) is 5.71. The van der Waals surface area contributed by atoms with E-state index in [1.807, 2.05) is 79.7 Å². The van der Waals surface area contributed by atoms with E-state index in [4.69, 9.17) is 11.6 Å². The summed E-state index contributed by atoms with van der Waals surface area (Å²) in [5.74, 6) is 0.407. The van der Waals surface area contributed by atoms with Crippen LogP contribution in [0.1, 0.15) is 43.0 Å². The standard InChI is InChI=1S/C45H51ClF3N7O4S3/c1-31-25-40-42(28-56(31)36-20-23-55(24-21-36)27-33-9-7-8-12-39(33)32-13-15-34(46)16-14-32)50-30-51-44(40)53-63(59,60)38-17-18-41(43(26-38)62(57,58)45(47,48)49)52-35(19-22-54(2)3)29-61-37-10-5-4-6-11-37/h4-18,26,30-31,35-36,52H,19-25,27-29H2,1-3H3,(H,50,51,53)/t31-,35-/m1/s1. The molecule has 0 spiro atoms. The Hall–Kier alpha value is -4.23. The molecule has 3 heterocycles. The molecular weight excluding hydrogens is 891 g/mol. The third kappa shape index (κ3) is 11.4. The fourth-order valence-corrected chi connectivity index (χ4v) is 11.4. The van der Waals surface area contributed by atoms with Gasteiger partial charge in [-0.1, -0.05) is 66.2 Å². The molecule has 7 rings (SSSR count). The second-order valence-electron chi connectivity index (χ2n) is 16.3. The van der Waals surface area contributed by atoms with Crippen LogP contribution in [-0.2, 0) is 39.4 Å². The summed E-state index contributed by atoms with van der Waals surface area (Å²) in [7, 11) is -6.91. The second kappa shape index (κ2) is 19.9. The number of benzene rings is 4. The number of hydrogen-bond acceptors (Lipinski definition) is 11. The van der Waals surface area contributed by atoms with Gasteiger partial charge in [-0.05, 0) is 125 Å². The average Bonchev–Trinajstić information content (AvgIpc) is 3.25. The smallest absolute Gasteiger partial charge is 0.380 e. The molecule has 2 aliphatic rings. The number of halogens is 4. The Kier molecular flexibility index (Phi) is 14.8. The van der Waals surface area contributed by atoms with Crippen molar-refractivity contribution in [2.24, 2.45) is 0 Å². The fraction of sp³-hybridized carbons (Fsp3) is 0.378. The lowest BCUT2D eigenvalue weighted by Gasteiger charge is -2.44. The monoisotopic (exact) mass is 941 g/mol. The number of thioether (sulfide) groups is 1. The highest BCUT2D eigenvalue weighted by Gasteiger charge is 2.48. The van der Waals surface area contributed by atoms with Crippen LogP contribution < -0.4 is 10.0 Å². The van der Waals surface area contributed by atoms with Crippen molar-refractivity contribution in [3.8, 4) is 11.1 Å². The molecule has 11 nitrogen and oxygen atoms in total. The lowest BCUT2D eigenvalue weighted by atomic mass is 9.93. The zero-order valence-electron chi connectivity index (χ0n) is 35.2. The summed E-state index contributed by atoms with van der Waals surface area (Å²) in [6.07, 6.45) is 4.02. The van der Waals surface area contributed by atoms with Crippen molar-refractivity contribution in [1.29, 1.82) is 0 Å². The van der Waals surface area contributed by atoms with Crippen LogP contribution in [0.4, 0.5) is 24.7 Å². The number of piperidine rings is 1. The molecule has 0 unspecified atom stereocenters. The molecule has 0 saturated carbocycles. The third-order valence-electron chi connectivity index (χ3n) is 11.6. The molecule has 1 aromatic heterocycles. The van der Waals surface area contributed by atoms with Gasteiger partial charge in [0.15, 0.2) is 0 Å². The quantitative estimate of drug-likeness (QED) is 0.0922. The number of fused-ring (bicyclic) bond motifs is 1. The van der Waals surface area contributed by atoms with Gasteiger partial charge in [-0.3, -0.25) is 14.5 Å². The highest BCUT2D eigenvalue weighted by Crippen LogP contribution is 2.38. The van der Waals surface area contributed by atoms with Crippen molar-refractivity contribution in [3.05, 3.63) is 125 Å². The van der Waals surface area contributed by atoms with Crippen LogP contribution >= 0.6 is 23.4 Å². The Morgan fingerprint density at radius 1 is 0.921 bits per heavy atom. The maximum Gasteiger partial charge on any atom is 0.501 e. The number of sulfonamides is 1. The zero-order valence-corrected chi connectivity index (χ0v) is 38.4. The molecule has 2 atom stereocenters. The summed E-state index contributed by atoms with van der Waals surface area (Å²) in [6, 6.07) is 28.3. The van der Waals surface area contributed by atoms with Gasteiger partial charge in [0, 0.05) is 52.4 Å². The normalized spacial score (nSPS) is 17.4. The lowest BCUT2D eigenvalue weighted by Crippen LogP contribution is -2.50. The summed E-state index contributed by atoms with van der Waals surface area (Å²) < 4.78 is 99.1. The minimum atomic E-state index is -5.99. The maximum absolute atomic E-state index is 14.2. The van der Waals surface area contributed by atoms with E-state index in [0.29, 0.717) is 54.0 Å².